The fourth-order valence-corrected chi connectivity index (χ4v) is 1.51. The van der Waals surface area contributed by atoms with Crippen LogP contribution >= 0.6 is 0 Å². The van der Waals surface area contributed by atoms with Gasteiger partial charge in [0.25, 0.3) is 0 Å². The van der Waals surface area contributed by atoms with Crippen molar-refractivity contribution in [1.29, 1.82) is 0 Å². The Morgan fingerprint density at radius 1 is 1.21 bits per heavy atom. The number of nitrogens with zero attached hydrogens (tertiary/aromatic N) is 1. The minimum Gasteiger partial charge on any atom is -0.492 e. The zero-order valence-corrected chi connectivity index (χ0v) is 9.78. The minimum absolute atomic E-state index is 0.0216. The number of aromatic carboxylic acids is 1. The number of carboxylic acids is 1. The molecular weight excluding hydrogens is 250 g/mol. The normalized spacial score (nSPS) is 10.1. The van der Waals surface area contributed by atoms with Crippen molar-refractivity contribution in [2.45, 2.75) is 0 Å². The van der Waals surface area contributed by atoms with Crippen LogP contribution in [-0.2, 0) is 0 Å². The molecule has 0 fully saturated rings. The molecule has 19 heavy (non-hydrogen) atoms. The number of carbonyl (C=O) groups is 1. The molecule has 1 heterocycles. The zero-order chi connectivity index (χ0) is 14.0. The first-order valence-electron chi connectivity index (χ1n) is 5.30. The van der Waals surface area contributed by atoms with E-state index in [0.717, 1.165) is 0 Å². The lowest BCUT2D eigenvalue weighted by atomic mass is 10.1. The Labute approximate surface area is 108 Å². The van der Waals surface area contributed by atoms with E-state index in [1.807, 2.05) is 0 Å². The van der Waals surface area contributed by atoms with E-state index in [9.17, 15) is 15.0 Å². The van der Waals surface area contributed by atoms with E-state index < -0.39 is 5.97 Å². The fourth-order valence-electron chi connectivity index (χ4n) is 1.51. The number of hydrogen-bond acceptors (Lipinski definition) is 4. The topological polar surface area (TPSA) is 91.9 Å². The highest BCUT2D eigenvalue weighted by molar-refractivity contribution is 5.91. The first-order valence-corrected chi connectivity index (χ1v) is 5.30. The van der Waals surface area contributed by atoms with Crippen molar-refractivity contribution in [2.75, 3.05) is 0 Å². The molecule has 98 valence electrons. The van der Waals surface area contributed by atoms with E-state index >= 15 is 0 Å². The van der Waals surface area contributed by atoms with Crippen LogP contribution in [0.3, 0.4) is 0 Å². The van der Waals surface area contributed by atoms with Crippen LogP contribution in [0.2, 0.25) is 0 Å². The average Bonchev–Trinajstić information content (AvgIpc) is 2.70. The van der Waals surface area contributed by atoms with Crippen LogP contribution in [0.15, 0.2) is 36.9 Å². The Morgan fingerprint density at radius 2 is 1.84 bits per heavy atom. The van der Waals surface area contributed by atoms with Crippen LogP contribution < -0.4 is 4.84 Å². The van der Waals surface area contributed by atoms with Gasteiger partial charge < -0.3 is 20.2 Å². The standard InChI is InChI=1S/C13H11NO5/c1-2-8-3-4-9(13(17)18)10(7-8)19-14-11(15)5-6-12(14)16/h2-7,15-16H,1H2,(H,17,18). The molecule has 6 heteroatoms. The monoisotopic (exact) mass is 261 g/mol. The molecule has 6 nitrogen and oxygen atoms in total. The van der Waals surface area contributed by atoms with Gasteiger partial charge in [-0.05, 0) is 17.7 Å². The molecule has 0 bridgehead atoms. The maximum atomic E-state index is 11.1. The summed E-state index contributed by atoms with van der Waals surface area (Å²) in [7, 11) is 0. The number of hydrogen-bond donors (Lipinski definition) is 3. The van der Waals surface area contributed by atoms with Crippen molar-refractivity contribution in [1.82, 2.24) is 4.73 Å². The molecule has 0 aliphatic rings. The van der Waals surface area contributed by atoms with Crippen LogP contribution in [0.4, 0.5) is 0 Å². The highest BCUT2D eigenvalue weighted by atomic mass is 16.7. The van der Waals surface area contributed by atoms with Crippen molar-refractivity contribution in [3.63, 3.8) is 0 Å². The second-order valence-electron chi connectivity index (χ2n) is 3.70. The maximum Gasteiger partial charge on any atom is 0.339 e. The molecule has 0 radical (unpaired) electrons. The fraction of sp³-hybridized carbons (Fsp3) is 0. The number of carboxylic acid groups (broad SMARTS) is 1. The van der Waals surface area contributed by atoms with E-state index in [0.29, 0.717) is 10.3 Å². The Hall–Kier alpha value is -2.89. The summed E-state index contributed by atoms with van der Waals surface area (Å²) in [4.78, 5) is 16.3. The molecule has 0 aliphatic carbocycles. The first-order chi connectivity index (χ1) is 9.02. The van der Waals surface area contributed by atoms with E-state index in [2.05, 4.69) is 6.58 Å². The number of aromatic hydroxyl groups is 2. The molecule has 0 unspecified atom stereocenters. The van der Waals surface area contributed by atoms with Crippen molar-refractivity contribution in [3.8, 4) is 17.5 Å². The second kappa shape index (κ2) is 4.77. The van der Waals surface area contributed by atoms with Crippen LogP contribution in [0.25, 0.3) is 6.08 Å². The number of aromatic nitrogens is 1. The van der Waals surface area contributed by atoms with Gasteiger partial charge in [0, 0.05) is 12.1 Å². The van der Waals surface area contributed by atoms with Crippen molar-refractivity contribution >= 4 is 12.0 Å². The Balaban J connectivity index is 2.48. The molecule has 1 aromatic heterocycles. The van der Waals surface area contributed by atoms with Gasteiger partial charge in [-0.1, -0.05) is 18.7 Å². The van der Waals surface area contributed by atoms with Crippen molar-refractivity contribution in [3.05, 3.63) is 48.0 Å². The maximum absolute atomic E-state index is 11.1. The Morgan fingerprint density at radius 3 is 2.37 bits per heavy atom. The lowest BCUT2D eigenvalue weighted by Crippen LogP contribution is -2.08. The summed E-state index contributed by atoms with van der Waals surface area (Å²) in [5, 5.41) is 28.0. The van der Waals surface area contributed by atoms with Gasteiger partial charge >= 0.3 is 5.97 Å². The average molecular weight is 261 g/mol. The van der Waals surface area contributed by atoms with E-state index in [1.165, 1.54) is 30.3 Å². The van der Waals surface area contributed by atoms with Crippen LogP contribution in [0.5, 0.6) is 17.5 Å². The highest BCUT2D eigenvalue weighted by Crippen LogP contribution is 2.27. The van der Waals surface area contributed by atoms with E-state index in [4.69, 9.17) is 9.94 Å². The zero-order valence-electron chi connectivity index (χ0n) is 9.78. The summed E-state index contributed by atoms with van der Waals surface area (Å²) in [6.45, 7) is 3.57. The molecule has 1 aromatic carbocycles. The summed E-state index contributed by atoms with van der Waals surface area (Å²) >= 11 is 0. The van der Waals surface area contributed by atoms with Crippen LogP contribution in [0, 0.1) is 0 Å². The second-order valence-corrected chi connectivity index (χ2v) is 3.70. The first kappa shape index (κ1) is 12.6. The predicted molar refractivity (Wildman–Crippen MR) is 67.3 cm³/mol. The molecule has 0 saturated heterocycles. The van der Waals surface area contributed by atoms with Gasteiger partial charge in [0.15, 0.2) is 5.75 Å². The molecule has 0 amide bonds. The van der Waals surface area contributed by atoms with Gasteiger partial charge in [0.2, 0.25) is 11.8 Å². The smallest absolute Gasteiger partial charge is 0.339 e. The molecular formula is C13H11NO5. The van der Waals surface area contributed by atoms with Gasteiger partial charge in [-0.3, -0.25) is 0 Å². The van der Waals surface area contributed by atoms with E-state index in [-0.39, 0.29) is 23.1 Å². The summed E-state index contributed by atoms with van der Waals surface area (Å²) in [6, 6.07) is 6.79. The third-order valence-electron chi connectivity index (χ3n) is 2.46. The Bertz CT molecular complexity index is 625. The van der Waals surface area contributed by atoms with Gasteiger partial charge in [-0.15, -0.1) is 4.73 Å². The lowest BCUT2D eigenvalue weighted by Gasteiger charge is -2.11. The van der Waals surface area contributed by atoms with Gasteiger partial charge in [-0.25, -0.2) is 4.79 Å². The summed E-state index contributed by atoms with van der Waals surface area (Å²) < 4.78 is 0.717. The molecule has 0 saturated carbocycles. The van der Waals surface area contributed by atoms with Crippen LogP contribution in [0.1, 0.15) is 15.9 Å². The summed E-state index contributed by atoms with van der Waals surface area (Å²) in [6.07, 6.45) is 1.52. The molecule has 0 atom stereocenters. The van der Waals surface area contributed by atoms with Gasteiger partial charge in [0.1, 0.15) is 5.56 Å². The molecule has 0 aliphatic heterocycles. The molecule has 2 rings (SSSR count). The summed E-state index contributed by atoms with van der Waals surface area (Å²) in [5.41, 5.74) is 0.546. The Kier molecular flexibility index (Phi) is 3.15. The molecule has 2 aromatic rings. The number of rotatable bonds is 4. The largest absolute Gasteiger partial charge is 0.492 e. The van der Waals surface area contributed by atoms with Crippen molar-refractivity contribution < 1.29 is 25.0 Å². The third kappa shape index (κ3) is 2.37. The SMILES string of the molecule is C=Cc1ccc(C(=O)O)c(On2c(O)ccc2O)c1. The minimum atomic E-state index is -1.18. The van der Waals surface area contributed by atoms with Crippen molar-refractivity contribution in [2.24, 2.45) is 0 Å². The molecule has 0 spiro atoms. The third-order valence-corrected chi connectivity index (χ3v) is 2.46. The van der Waals surface area contributed by atoms with E-state index in [1.54, 1.807) is 6.07 Å². The van der Waals surface area contributed by atoms with Crippen LogP contribution in [-0.4, -0.2) is 26.0 Å². The number of benzene rings is 1. The lowest BCUT2D eigenvalue weighted by molar-refractivity contribution is 0.0684. The molecule has 3 N–H and O–H groups in total. The summed E-state index contributed by atoms with van der Waals surface area (Å²) in [5.74, 6) is -1.90. The van der Waals surface area contributed by atoms with Gasteiger partial charge in [0.05, 0.1) is 0 Å². The predicted octanol–water partition coefficient (Wildman–Crippen LogP) is 2.08. The van der Waals surface area contributed by atoms with Gasteiger partial charge in [-0.2, -0.15) is 0 Å². The highest BCUT2D eigenvalue weighted by Gasteiger charge is 2.15. The quantitative estimate of drug-likeness (QED) is 0.783.